The maximum atomic E-state index is 8.58. The molecule has 0 amide bonds. The summed E-state index contributed by atoms with van der Waals surface area (Å²) in [5, 5.41) is 2.45. The van der Waals surface area contributed by atoms with Gasteiger partial charge in [-0.25, -0.2) is 0 Å². The van der Waals surface area contributed by atoms with Gasteiger partial charge >= 0.3 is 99.8 Å². The molecule has 0 unspecified atom stereocenters. The second-order valence-corrected chi connectivity index (χ2v) is 24.2. The SMILES string of the molecule is [2H]C([2H])(c1ccnc(-c2[c-]ccc3c2sc2cc(C)ccc23)c1)C(C)(C)C.[CH3][Ge]([CH3])([CH3])[c]1ccc(-c2[c-]cccc2)nc1.[Ir]. The van der Waals surface area contributed by atoms with Crippen molar-refractivity contribution in [1.82, 2.24) is 9.97 Å². The van der Waals surface area contributed by atoms with Crippen LogP contribution in [0.25, 0.3) is 42.7 Å². The number of nitrogens with zero attached hydrogens (tertiary/aromatic N) is 2. The van der Waals surface area contributed by atoms with Gasteiger partial charge in [-0.1, -0.05) is 49.9 Å². The van der Waals surface area contributed by atoms with E-state index < -0.39 is 25.1 Å². The molecule has 0 bridgehead atoms. The van der Waals surface area contributed by atoms with Crippen LogP contribution in [0.3, 0.4) is 0 Å². The third-order valence-corrected chi connectivity index (χ3v) is 12.2. The standard InChI is InChI=1S/C23H22NS.C14H16GeN.Ir/c1-15-8-9-17-18-6-5-7-19(22(18)25-21(17)12-15)20-13-16(10-11-24-20)14-23(2,3)4;1-15(2,3)13-9-10-14(16-11-13)12-7-5-4-6-8-12;/h5-6,8-13H,14H2,1-4H3;4-7,9-11H,1-3H3;/q2*-1;/i14D2;;. The summed E-state index contributed by atoms with van der Waals surface area (Å²) >= 11 is 0.0353. The molecule has 3 aromatic carbocycles. The summed E-state index contributed by atoms with van der Waals surface area (Å²) in [6.45, 7) is 7.88. The Morgan fingerprint density at radius 1 is 0.857 bits per heavy atom. The third kappa shape index (κ3) is 7.85. The Labute approximate surface area is 274 Å². The molecular formula is C37H38GeIrN2S-2. The topological polar surface area (TPSA) is 25.8 Å². The number of benzene rings is 3. The van der Waals surface area contributed by atoms with Crippen molar-refractivity contribution in [3.8, 4) is 22.5 Å². The summed E-state index contributed by atoms with van der Waals surface area (Å²) in [6, 6.07) is 33.1. The molecule has 42 heavy (non-hydrogen) atoms. The summed E-state index contributed by atoms with van der Waals surface area (Å²) < 4.78 is 21.0. The van der Waals surface area contributed by atoms with Crippen LogP contribution in [-0.4, -0.2) is 23.2 Å². The molecule has 3 aromatic heterocycles. The summed E-state index contributed by atoms with van der Waals surface area (Å²) in [4.78, 5) is 9.08. The number of hydrogen-bond donors (Lipinski definition) is 0. The van der Waals surface area contributed by atoms with Crippen LogP contribution in [0.2, 0.25) is 17.3 Å². The van der Waals surface area contributed by atoms with E-state index in [9.17, 15) is 0 Å². The van der Waals surface area contributed by atoms with E-state index in [0.29, 0.717) is 5.56 Å². The van der Waals surface area contributed by atoms with Crippen LogP contribution in [0.15, 0.2) is 91.3 Å². The van der Waals surface area contributed by atoms with E-state index >= 15 is 0 Å². The van der Waals surface area contributed by atoms with Gasteiger partial charge in [0.25, 0.3) is 0 Å². The molecular weight excluding hydrogens is 769 g/mol. The van der Waals surface area contributed by atoms with E-state index in [2.05, 4.69) is 82.7 Å². The van der Waals surface area contributed by atoms with Gasteiger partial charge in [-0.3, -0.25) is 0 Å². The van der Waals surface area contributed by atoms with E-state index in [1.54, 1.807) is 23.6 Å². The van der Waals surface area contributed by atoms with Crippen LogP contribution in [0.1, 0.15) is 34.6 Å². The largest absolute Gasteiger partial charge is 0 e. The van der Waals surface area contributed by atoms with Gasteiger partial charge in [-0.2, -0.15) is 11.3 Å². The first-order valence-corrected chi connectivity index (χ1v) is 22.2. The molecule has 2 nitrogen and oxygen atoms in total. The Bertz CT molecular complexity index is 1870. The van der Waals surface area contributed by atoms with E-state index in [-0.39, 0.29) is 20.1 Å². The Balaban J connectivity index is 0.000000223. The van der Waals surface area contributed by atoms with Crippen molar-refractivity contribution >= 4 is 49.2 Å². The second kappa shape index (κ2) is 13.3. The first-order valence-electron chi connectivity index (χ1n) is 15.0. The van der Waals surface area contributed by atoms with Gasteiger partial charge in [0.2, 0.25) is 0 Å². The first-order chi connectivity index (χ1) is 20.3. The quantitative estimate of drug-likeness (QED) is 0.131. The average Bonchev–Trinajstić information content (AvgIpc) is 3.35. The Kier molecular flexibility index (Phi) is 9.36. The number of thiophene rings is 1. The van der Waals surface area contributed by atoms with Crippen molar-refractivity contribution in [2.24, 2.45) is 5.41 Å². The molecule has 6 aromatic rings. The second-order valence-electron chi connectivity index (χ2n) is 12.5. The number of aryl methyl sites for hydroxylation is 1. The predicted octanol–water partition coefficient (Wildman–Crippen LogP) is 9.91. The van der Waals surface area contributed by atoms with Crippen LogP contribution in [-0.2, 0) is 26.5 Å². The van der Waals surface area contributed by atoms with Crippen molar-refractivity contribution in [1.29, 1.82) is 0 Å². The zero-order valence-electron chi connectivity index (χ0n) is 27.3. The van der Waals surface area contributed by atoms with Crippen molar-refractivity contribution in [3.63, 3.8) is 0 Å². The Morgan fingerprint density at radius 3 is 2.33 bits per heavy atom. The van der Waals surface area contributed by atoms with Crippen molar-refractivity contribution < 1.29 is 22.8 Å². The van der Waals surface area contributed by atoms with Gasteiger partial charge < -0.3 is 4.98 Å². The minimum Gasteiger partial charge on any atom is 0 e. The normalized spacial score (nSPS) is 12.6. The van der Waals surface area contributed by atoms with Crippen LogP contribution in [0.4, 0.5) is 0 Å². The number of aromatic nitrogens is 2. The summed E-state index contributed by atoms with van der Waals surface area (Å²) in [6.07, 6.45) is 2.30. The molecule has 0 N–H and O–H groups in total. The van der Waals surface area contributed by atoms with Gasteiger partial charge in [-0.05, 0) is 52.2 Å². The molecule has 3 heterocycles. The molecule has 6 rings (SSSR count). The number of fused-ring (bicyclic) bond motifs is 3. The first kappa shape index (κ1) is 29.4. The monoisotopic (exact) mass is 811 g/mol. The zero-order valence-corrected chi connectivity index (χ0v) is 30.6. The molecule has 0 saturated carbocycles. The number of pyridine rings is 2. The van der Waals surface area contributed by atoms with Gasteiger partial charge in [0.05, 0.1) is 0 Å². The van der Waals surface area contributed by atoms with E-state index in [4.69, 9.17) is 2.74 Å². The smallest absolute Gasteiger partial charge is 0 e. The van der Waals surface area contributed by atoms with Crippen LogP contribution < -0.4 is 4.40 Å². The number of rotatable bonds is 4. The molecule has 0 aliphatic rings. The summed E-state index contributed by atoms with van der Waals surface area (Å²) in [7, 11) is 0. The molecule has 0 spiro atoms. The van der Waals surface area contributed by atoms with E-state index in [1.165, 1.54) is 25.4 Å². The fourth-order valence-corrected chi connectivity index (χ4v) is 8.14. The molecule has 0 atom stereocenters. The van der Waals surface area contributed by atoms with Crippen molar-refractivity contribution in [2.75, 3.05) is 0 Å². The molecule has 5 heteroatoms. The van der Waals surface area contributed by atoms with Gasteiger partial charge in [-0.15, -0.1) is 23.8 Å². The van der Waals surface area contributed by atoms with Gasteiger partial charge in [0, 0.05) is 33.7 Å². The zero-order chi connectivity index (χ0) is 31.0. The molecule has 217 valence electrons. The van der Waals surface area contributed by atoms with Crippen LogP contribution in [0.5, 0.6) is 0 Å². The maximum Gasteiger partial charge on any atom is 0 e. The summed E-state index contributed by atoms with van der Waals surface area (Å²) in [5.74, 6) is 7.14. The van der Waals surface area contributed by atoms with E-state index in [0.717, 1.165) is 27.2 Å². The van der Waals surface area contributed by atoms with Crippen LogP contribution >= 0.6 is 11.3 Å². The molecule has 0 aliphatic heterocycles. The minimum atomic E-state index is -1.72. The maximum absolute atomic E-state index is 8.58. The van der Waals surface area contributed by atoms with Crippen molar-refractivity contribution in [2.45, 2.75) is 51.3 Å². The summed E-state index contributed by atoms with van der Waals surface area (Å²) in [5.41, 5.74) is 5.19. The van der Waals surface area contributed by atoms with Crippen LogP contribution in [0, 0.1) is 24.5 Å². The predicted molar refractivity (Wildman–Crippen MR) is 181 cm³/mol. The minimum absolute atomic E-state index is 0. The third-order valence-electron chi connectivity index (χ3n) is 6.74. The van der Waals surface area contributed by atoms with Gasteiger partial charge in [0.15, 0.2) is 0 Å². The Morgan fingerprint density at radius 2 is 1.67 bits per heavy atom. The van der Waals surface area contributed by atoms with Gasteiger partial charge in [0.1, 0.15) is 0 Å². The average molecular weight is 810 g/mol. The fraction of sp³-hybridized carbons (Fsp3) is 0.243. The molecule has 0 aliphatic carbocycles. The van der Waals surface area contributed by atoms with Crippen molar-refractivity contribution in [3.05, 3.63) is 115 Å². The number of hydrogen-bond acceptors (Lipinski definition) is 3. The van der Waals surface area contributed by atoms with E-state index in [1.807, 2.05) is 63.4 Å². The fourth-order valence-electron chi connectivity index (χ4n) is 4.67. The molecule has 0 fully saturated rings. The molecule has 1 radical (unpaired) electrons. The Hall–Kier alpha value is -2.63. The molecule has 0 saturated heterocycles.